The summed E-state index contributed by atoms with van der Waals surface area (Å²) >= 11 is 0. The minimum Gasteiger partial charge on any atom is -0.306 e. The standard InChI is InChI=1S/C21H13F2N5O/c22-17-5-14(13-1-2-15-7-25-12-27(15)10-13)6-18(23)16(17)11-28-20-8-24-4-3-19(20)26-9-21(28)29/h1-10,12H,11H2. The first-order valence-corrected chi connectivity index (χ1v) is 8.80. The fourth-order valence-electron chi connectivity index (χ4n) is 3.34. The van der Waals surface area contributed by atoms with Gasteiger partial charge in [0.15, 0.2) is 0 Å². The Morgan fingerprint density at radius 3 is 2.59 bits per heavy atom. The number of hydrogen-bond acceptors (Lipinski definition) is 4. The normalized spacial score (nSPS) is 11.4. The average molecular weight is 389 g/mol. The number of halogens is 2. The fourth-order valence-corrected chi connectivity index (χ4v) is 3.34. The van der Waals surface area contributed by atoms with Crippen molar-refractivity contribution in [3.8, 4) is 11.1 Å². The Bertz CT molecular complexity index is 1420. The molecular formula is C21H13F2N5O. The highest BCUT2D eigenvalue weighted by Gasteiger charge is 2.15. The van der Waals surface area contributed by atoms with E-state index < -0.39 is 17.2 Å². The second-order valence-electron chi connectivity index (χ2n) is 6.61. The third-order valence-electron chi connectivity index (χ3n) is 4.85. The number of nitrogens with zero attached hydrogens (tertiary/aromatic N) is 5. The molecule has 0 aliphatic carbocycles. The molecule has 0 N–H and O–H groups in total. The summed E-state index contributed by atoms with van der Waals surface area (Å²) in [5, 5.41) is 0. The summed E-state index contributed by atoms with van der Waals surface area (Å²) in [5.41, 5.74) is 2.20. The van der Waals surface area contributed by atoms with Gasteiger partial charge in [-0.15, -0.1) is 0 Å². The second kappa shape index (κ2) is 6.59. The Hall–Kier alpha value is -3.94. The van der Waals surface area contributed by atoms with Crippen molar-refractivity contribution in [3.63, 3.8) is 0 Å². The summed E-state index contributed by atoms with van der Waals surface area (Å²) in [5.74, 6) is -1.46. The minimum atomic E-state index is -0.730. The second-order valence-corrected chi connectivity index (χ2v) is 6.61. The van der Waals surface area contributed by atoms with E-state index in [1.165, 1.54) is 29.1 Å². The van der Waals surface area contributed by atoms with Crippen LogP contribution in [0.15, 0.2) is 72.4 Å². The van der Waals surface area contributed by atoms with Gasteiger partial charge in [-0.1, -0.05) is 6.07 Å². The van der Waals surface area contributed by atoms with Crippen LogP contribution >= 0.6 is 0 Å². The average Bonchev–Trinajstić information content (AvgIpc) is 3.19. The van der Waals surface area contributed by atoms with E-state index >= 15 is 0 Å². The molecule has 0 fully saturated rings. The molecule has 0 atom stereocenters. The van der Waals surface area contributed by atoms with Crippen LogP contribution in [0.3, 0.4) is 0 Å². The van der Waals surface area contributed by atoms with Gasteiger partial charge in [0.25, 0.3) is 5.56 Å². The number of rotatable bonds is 3. The van der Waals surface area contributed by atoms with Crippen LogP contribution in [0.25, 0.3) is 27.7 Å². The number of aromatic nitrogens is 5. The summed E-state index contributed by atoms with van der Waals surface area (Å²) in [7, 11) is 0. The van der Waals surface area contributed by atoms with E-state index in [0.29, 0.717) is 22.2 Å². The molecule has 0 amide bonds. The molecule has 5 aromatic rings. The van der Waals surface area contributed by atoms with Gasteiger partial charge in [-0.25, -0.2) is 18.7 Å². The first kappa shape index (κ1) is 17.2. The molecule has 0 bridgehead atoms. The van der Waals surface area contributed by atoms with E-state index in [1.807, 2.05) is 6.07 Å². The van der Waals surface area contributed by atoms with E-state index in [1.54, 1.807) is 35.3 Å². The molecule has 0 saturated carbocycles. The molecule has 8 heteroatoms. The lowest BCUT2D eigenvalue weighted by atomic mass is 10.0. The lowest BCUT2D eigenvalue weighted by Crippen LogP contribution is -2.22. The highest BCUT2D eigenvalue weighted by atomic mass is 19.1. The predicted octanol–water partition coefficient (Wildman–Crippen LogP) is 3.43. The topological polar surface area (TPSA) is 65.1 Å². The zero-order chi connectivity index (χ0) is 20.0. The van der Waals surface area contributed by atoms with Gasteiger partial charge in [-0.3, -0.25) is 14.3 Å². The number of fused-ring (bicyclic) bond motifs is 2. The van der Waals surface area contributed by atoms with E-state index in [0.717, 1.165) is 11.7 Å². The Balaban J connectivity index is 1.59. The molecule has 4 aromatic heterocycles. The summed E-state index contributed by atoms with van der Waals surface area (Å²) < 4.78 is 32.8. The molecule has 0 saturated heterocycles. The van der Waals surface area contributed by atoms with Crippen LogP contribution in [0.1, 0.15) is 5.56 Å². The maximum absolute atomic E-state index is 14.9. The van der Waals surface area contributed by atoms with Crippen molar-refractivity contribution in [1.29, 1.82) is 0 Å². The molecule has 0 unspecified atom stereocenters. The molecule has 29 heavy (non-hydrogen) atoms. The molecule has 0 aliphatic heterocycles. The van der Waals surface area contributed by atoms with Crippen molar-refractivity contribution >= 4 is 16.6 Å². The zero-order valence-corrected chi connectivity index (χ0v) is 15.0. The monoisotopic (exact) mass is 389 g/mol. The van der Waals surface area contributed by atoms with Gasteiger partial charge in [0.2, 0.25) is 0 Å². The smallest absolute Gasteiger partial charge is 0.269 e. The van der Waals surface area contributed by atoms with Gasteiger partial charge in [0.1, 0.15) is 11.6 Å². The summed E-state index contributed by atoms with van der Waals surface area (Å²) in [4.78, 5) is 24.3. The summed E-state index contributed by atoms with van der Waals surface area (Å²) in [6.45, 7) is -0.262. The maximum atomic E-state index is 14.9. The van der Waals surface area contributed by atoms with Crippen LogP contribution in [-0.2, 0) is 6.54 Å². The lowest BCUT2D eigenvalue weighted by Gasteiger charge is -2.12. The fraction of sp³-hybridized carbons (Fsp3) is 0.0476. The third-order valence-corrected chi connectivity index (χ3v) is 4.85. The van der Waals surface area contributed by atoms with E-state index in [9.17, 15) is 13.6 Å². The highest BCUT2D eigenvalue weighted by molar-refractivity contribution is 5.73. The zero-order valence-electron chi connectivity index (χ0n) is 15.0. The molecule has 1 aromatic carbocycles. The number of hydrogen-bond donors (Lipinski definition) is 0. The minimum absolute atomic E-state index is 0.198. The van der Waals surface area contributed by atoms with Gasteiger partial charge >= 0.3 is 0 Å². The number of pyridine rings is 2. The van der Waals surface area contributed by atoms with Gasteiger partial charge in [0, 0.05) is 18.0 Å². The first-order valence-electron chi connectivity index (χ1n) is 8.80. The van der Waals surface area contributed by atoms with E-state index in [-0.39, 0.29) is 12.1 Å². The number of imidazole rings is 1. The maximum Gasteiger partial charge on any atom is 0.269 e. The van der Waals surface area contributed by atoms with Crippen molar-refractivity contribution in [2.75, 3.05) is 0 Å². The van der Waals surface area contributed by atoms with Crippen LogP contribution < -0.4 is 5.56 Å². The third kappa shape index (κ3) is 2.94. The number of benzene rings is 1. The van der Waals surface area contributed by atoms with Crippen LogP contribution in [0.2, 0.25) is 0 Å². The molecule has 0 aliphatic rings. The van der Waals surface area contributed by atoms with Gasteiger partial charge in [-0.05, 0) is 35.4 Å². The van der Waals surface area contributed by atoms with Crippen LogP contribution in [0, 0.1) is 11.6 Å². The van der Waals surface area contributed by atoms with Crippen molar-refractivity contribution in [2.24, 2.45) is 0 Å². The van der Waals surface area contributed by atoms with Crippen LogP contribution in [0.4, 0.5) is 8.78 Å². The predicted molar refractivity (Wildman–Crippen MR) is 103 cm³/mol. The molecule has 142 valence electrons. The quantitative estimate of drug-likeness (QED) is 0.474. The first-order chi connectivity index (χ1) is 14.1. The highest BCUT2D eigenvalue weighted by Crippen LogP contribution is 2.26. The van der Waals surface area contributed by atoms with Crippen molar-refractivity contribution in [1.82, 2.24) is 23.9 Å². The molecular weight excluding hydrogens is 376 g/mol. The summed E-state index contributed by atoms with van der Waals surface area (Å²) in [6, 6.07) is 7.76. The van der Waals surface area contributed by atoms with E-state index in [2.05, 4.69) is 15.0 Å². The van der Waals surface area contributed by atoms with Crippen LogP contribution in [-0.4, -0.2) is 23.9 Å². The van der Waals surface area contributed by atoms with Gasteiger partial charge in [0.05, 0.1) is 48.0 Å². The molecule has 5 rings (SSSR count). The van der Waals surface area contributed by atoms with Gasteiger partial charge < -0.3 is 4.40 Å². The van der Waals surface area contributed by atoms with Crippen LogP contribution in [0.5, 0.6) is 0 Å². The largest absolute Gasteiger partial charge is 0.306 e. The van der Waals surface area contributed by atoms with Crippen molar-refractivity contribution in [2.45, 2.75) is 6.54 Å². The Morgan fingerprint density at radius 1 is 0.931 bits per heavy atom. The lowest BCUT2D eigenvalue weighted by molar-refractivity contribution is 0.545. The van der Waals surface area contributed by atoms with E-state index in [4.69, 9.17) is 0 Å². The Kier molecular flexibility index (Phi) is 3.90. The van der Waals surface area contributed by atoms with Gasteiger partial charge in [-0.2, -0.15) is 0 Å². The Labute approximate surface area is 162 Å². The molecule has 0 spiro atoms. The molecule has 4 heterocycles. The molecule has 0 radical (unpaired) electrons. The SMILES string of the molecule is O=c1cnc2ccncc2n1Cc1c(F)cc(-c2ccc3cncn3c2)cc1F. The van der Waals surface area contributed by atoms with Crippen molar-refractivity contribution < 1.29 is 8.78 Å². The summed E-state index contributed by atoms with van der Waals surface area (Å²) in [6.07, 6.45) is 9.19. The molecule has 6 nitrogen and oxygen atoms in total. The van der Waals surface area contributed by atoms with Crippen molar-refractivity contribution in [3.05, 3.63) is 95.2 Å². The Morgan fingerprint density at radius 2 is 1.76 bits per heavy atom.